The Morgan fingerprint density at radius 2 is 1.84 bits per heavy atom. The van der Waals surface area contributed by atoms with E-state index in [9.17, 15) is 23.1 Å². The first-order valence-corrected chi connectivity index (χ1v) is 7.86. The van der Waals surface area contributed by atoms with Crippen LogP contribution >= 0.6 is 11.8 Å². The van der Waals surface area contributed by atoms with Crippen LogP contribution < -0.4 is 4.90 Å². The molecule has 0 aliphatic carbocycles. The highest BCUT2D eigenvalue weighted by Gasteiger charge is 2.36. The Balaban J connectivity index is 1.95. The van der Waals surface area contributed by atoms with E-state index in [4.69, 9.17) is 5.41 Å². The van der Waals surface area contributed by atoms with Crippen molar-refractivity contribution >= 4 is 34.6 Å². The second-order valence-corrected chi connectivity index (χ2v) is 6.23. The molecule has 128 valence electrons. The summed E-state index contributed by atoms with van der Waals surface area (Å²) in [5.41, 5.74) is -0.354. The van der Waals surface area contributed by atoms with Crippen LogP contribution in [0.25, 0.3) is 6.08 Å². The van der Waals surface area contributed by atoms with Crippen LogP contribution in [0.2, 0.25) is 0 Å². The molecule has 8 heteroatoms. The molecule has 0 radical (unpaired) electrons. The van der Waals surface area contributed by atoms with E-state index in [1.54, 1.807) is 12.1 Å². The van der Waals surface area contributed by atoms with Gasteiger partial charge in [0.25, 0.3) is 5.91 Å². The molecule has 3 rings (SSSR count). The van der Waals surface area contributed by atoms with Gasteiger partial charge in [-0.3, -0.25) is 15.1 Å². The first kappa shape index (κ1) is 17.1. The Bertz CT molecular complexity index is 893. The van der Waals surface area contributed by atoms with Crippen molar-refractivity contribution in [3.63, 3.8) is 0 Å². The van der Waals surface area contributed by atoms with E-state index in [-0.39, 0.29) is 21.5 Å². The Labute approximate surface area is 145 Å². The minimum absolute atomic E-state index is 0.0170. The lowest BCUT2D eigenvalue weighted by molar-refractivity contribution is -0.137. The lowest BCUT2D eigenvalue weighted by atomic mass is 10.1. The number of nitrogens with zero attached hydrogens (tertiary/aromatic N) is 1. The first-order valence-electron chi connectivity index (χ1n) is 7.04. The van der Waals surface area contributed by atoms with Crippen molar-refractivity contribution in [3.05, 3.63) is 64.6 Å². The lowest BCUT2D eigenvalue weighted by Gasteiger charge is -2.16. The largest absolute Gasteiger partial charge is 0.508 e. The molecule has 2 aromatic rings. The molecule has 1 aliphatic heterocycles. The molecule has 2 N–H and O–H groups in total. The number of halogens is 3. The molecule has 1 heterocycles. The smallest absolute Gasteiger partial charge is 0.416 e. The summed E-state index contributed by atoms with van der Waals surface area (Å²) in [6, 6.07) is 10.5. The molecule has 0 aromatic heterocycles. The Kier molecular flexibility index (Phi) is 4.30. The molecule has 1 fully saturated rings. The minimum atomic E-state index is -4.53. The molecule has 0 saturated carbocycles. The summed E-state index contributed by atoms with van der Waals surface area (Å²) in [4.78, 5) is 13.6. The first-order chi connectivity index (χ1) is 11.8. The molecular weight excluding hydrogens is 353 g/mol. The highest BCUT2D eigenvalue weighted by atomic mass is 32.2. The number of nitrogens with one attached hydrogen (secondary N) is 1. The predicted octanol–water partition coefficient (Wildman–Crippen LogP) is 4.47. The number of rotatable bonds is 2. The van der Waals surface area contributed by atoms with Gasteiger partial charge in [0.05, 0.1) is 16.2 Å². The number of aromatic hydroxyl groups is 1. The van der Waals surface area contributed by atoms with Gasteiger partial charge in [0.15, 0.2) is 5.17 Å². The van der Waals surface area contributed by atoms with Crippen molar-refractivity contribution in [2.75, 3.05) is 4.90 Å². The average Bonchev–Trinajstić information content (AvgIpc) is 2.81. The average molecular weight is 364 g/mol. The van der Waals surface area contributed by atoms with Crippen LogP contribution in [0.5, 0.6) is 5.75 Å². The molecular formula is C17H11F3N2O2S. The van der Waals surface area contributed by atoms with Crippen LogP contribution in [-0.2, 0) is 11.0 Å². The molecule has 1 amide bonds. The number of hydrogen-bond acceptors (Lipinski definition) is 4. The number of alkyl halides is 3. The van der Waals surface area contributed by atoms with Crippen LogP contribution in [0.4, 0.5) is 18.9 Å². The number of phenolic OH excluding ortho intramolecular Hbond substituents is 1. The number of phenols is 1. The van der Waals surface area contributed by atoms with Crippen molar-refractivity contribution < 1.29 is 23.1 Å². The van der Waals surface area contributed by atoms with E-state index in [0.717, 1.165) is 28.8 Å². The zero-order valence-electron chi connectivity index (χ0n) is 12.5. The normalized spacial score (nSPS) is 16.8. The van der Waals surface area contributed by atoms with Gasteiger partial charge in [0.1, 0.15) is 5.75 Å². The highest BCUT2D eigenvalue weighted by Crippen LogP contribution is 2.37. The lowest BCUT2D eigenvalue weighted by Crippen LogP contribution is -2.28. The Hall–Kier alpha value is -2.74. The fourth-order valence-electron chi connectivity index (χ4n) is 2.31. The van der Waals surface area contributed by atoms with Gasteiger partial charge in [-0.25, -0.2) is 0 Å². The number of amides is 1. The molecule has 4 nitrogen and oxygen atoms in total. The molecule has 0 spiro atoms. The van der Waals surface area contributed by atoms with Crippen molar-refractivity contribution in [1.29, 1.82) is 5.41 Å². The summed E-state index contributed by atoms with van der Waals surface area (Å²) in [7, 11) is 0. The summed E-state index contributed by atoms with van der Waals surface area (Å²) in [5.74, 6) is -0.563. The topological polar surface area (TPSA) is 64.4 Å². The molecule has 0 unspecified atom stereocenters. The van der Waals surface area contributed by atoms with Gasteiger partial charge >= 0.3 is 6.18 Å². The van der Waals surface area contributed by atoms with Crippen LogP contribution in [0.15, 0.2) is 53.4 Å². The summed E-state index contributed by atoms with van der Waals surface area (Å²) < 4.78 is 38.6. The van der Waals surface area contributed by atoms with E-state index < -0.39 is 17.6 Å². The van der Waals surface area contributed by atoms with Gasteiger partial charge in [-0.05, 0) is 53.7 Å². The number of carbonyl (C=O) groups is 1. The third-order valence-corrected chi connectivity index (χ3v) is 4.31. The van der Waals surface area contributed by atoms with Gasteiger partial charge in [0.2, 0.25) is 0 Å². The molecule has 1 saturated heterocycles. The van der Waals surface area contributed by atoms with Crippen molar-refractivity contribution in [1.82, 2.24) is 0 Å². The summed E-state index contributed by atoms with van der Waals surface area (Å²) in [6.45, 7) is 0. The number of amidine groups is 1. The standard InChI is InChI=1S/C17H11F3N2O2S/c18-17(19,20)11-4-2-5-12(9-11)22-15(24)14(25-16(22)21)8-10-3-1-6-13(23)7-10/h1-9,21,23H/b14-8-,21-16?. The number of carbonyl (C=O) groups excluding carboxylic acids is 1. The van der Waals surface area contributed by atoms with E-state index in [1.165, 1.54) is 30.3 Å². The predicted molar refractivity (Wildman–Crippen MR) is 90.3 cm³/mol. The van der Waals surface area contributed by atoms with E-state index in [1.807, 2.05) is 0 Å². The van der Waals surface area contributed by atoms with Crippen molar-refractivity contribution in [3.8, 4) is 5.75 Å². The van der Waals surface area contributed by atoms with E-state index >= 15 is 0 Å². The van der Waals surface area contributed by atoms with Gasteiger partial charge in [0, 0.05) is 0 Å². The molecule has 2 aromatic carbocycles. The van der Waals surface area contributed by atoms with Gasteiger partial charge in [-0.1, -0.05) is 18.2 Å². The maximum absolute atomic E-state index is 12.9. The fourth-order valence-corrected chi connectivity index (χ4v) is 3.17. The fraction of sp³-hybridized carbons (Fsp3) is 0.0588. The molecule has 0 atom stereocenters. The number of thioether (sulfide) groups is 1. The van der Waals surface area contributed by atoms with Gasteiger partial charge in [-0.15, -0.1) is 0 Å². The van der Waals surface area contributed by atoms with E-state index in [0.29, 0.717) is 5.56 Å². The SMILES string of the molecule is N=C1S/C(=C\c2cccc(O)c2)C(=O)N1c1cccc(C(F)(F)F)c1. The molecule has 25 heavy (non-hydrogen) atoms. The maximum atomic E-state index is 12.9. The quantitative estimate of drug-likeness (QED) is 0.773. The third kappa shape index (κ3) is 3.53. The van der Waals surface area contributed by atoms with Gasteiger partial charge < -0.3 is 5.11 Å². The van der Waals surface area contributed by atoms with Crippen LogP contribution in [0.1, 0.15) is 11.1 Å². The zero-order chi connectivity index (χ0) is 18.2. The van der Waals surface area contributed by atoms with Crippen molar-refractivity contribution in [2.24, 2.45) is 0 Å². The molecule has 1 aliphatic rings. The zero-order valence-corrected chi connectivity index (χ0v) is 13.4. The highest BCUT2D eigenvalue weighted by molar-refractivity contribution is 8.19. The number of anilines is 1. The monoisotopic (exact) mass is 364 g/mol. The van der Waals surface area contributed by atoms with E-state index in [2.05, 4.69) is 0 Å². The van der Waals surface area contributed by atoms with Crippen LogP contribution in [0.3, 0.4) is 0 Å². The Morgan fingerprint density at radius 3 is 2.52 bits per heavy atom. The minimum Gasteiger partial charge on any atom is -0.508 e. The summed E-state index contributed by atoms with van der Waals surface area (Å²) in [6.07, 6.45) is -3.05. The van der Waals surface area contributed by atoms with Crippen molar-refractivity contribution in [2.45, 2.75) is 6.18 Å². The summed E-state index contributed by atoms with van der Waals surface area (Å²) in [5, 5.41) is 17.2. The number of benzene rings is 2. The van der Waals surface area contributed by atoms with Crippen LogP contribution in [0, 0.1) is 5.41 Å². The van der Waals surface area contributed by atoms with Crippen LogP contribution in [-0.4, -0.2) is 16.2 Å². The van der Waals surface area contributed by atoms with Gasteiger partial charge in [-0.2, -0.15) is 13.2 Å². The maximum Gasteiger partial charge on any atom is 0.416 e. The molecule has 0 bridgehead atoms. The number of hydrogen-bond donors (Lipinski definition) is 2. The Morgan fingerprint density at radius 1 is 1.12 bits per heavy atom. The summed E-state index contributed by atoms with van der Waals surface area (Å²) >= 11 is 0.849. The third-order valence-electron chi connectivity index (χ3n) is 3.42. The second kappa shape index (κ2) is 6.29. The second-order valence-electron chi connectivity index (χ2n) is 5.20.